The summed E-state index contributed by atoms with van der Waals surface area (Å²) >= 11 is 1.19. The molecule has 1 aromatic heterocycles. The maximum absolute atomic E-state index is 13.6. The molecule has 2 heterocycles. The summed E-state index contributed by atoms with van der Waals surface area (Å²) in [7, 11) is 3.17. The van der Waals surface area contributed by atoms with Gasteiger partial charge in [-0.15, -0.1) is 0 Å². The molecule has 11 nitrogen and oxygen atoms in total. The van der Waals surface area contributed by atoms with Crippen LogP contribution in [0.1, 0.15) is 24.0 Å². The van der Waals surface area contributed by atoms with Gasteiger partial charge >= 0.3 is 0 Å². The summed E-state index contributed by atoms with van der Waals surface area (Å²) in [6, 6.07) is 18.9. The van der Waals surface area contributed by atoms with Crippen LogP contribution in [0.2, 0.25) is 0 Å². The third-order valence-corrected chi connectivity index (χ3v) is 8.27. The molecule has 0 radical (unpaired) electrons. The molecule has 1 aliphatic heterocycles. The molecule has 0 bridgehead atoms. The van der Waals surface area contributed by atoms with Crippen LogP contribution in [0.15, 0.2) is 70.6 Å². The molecule has 0 atom stereocenters. The molecule has 0 aliphatic carbocycles. The van der Waals surface area contributed by atoms with Crippen LogP contribution in [-0.4, -0.2) is 61.2 Å². The van der Waals surface area contributed by atoms with E-state index in [0.29, 0.717) is 65.0 Å². The van der Waals surface area contributed by atoms with Crippen molar-refractivity contribution in [2.24, 2.45) is 0 Å². The van der Waals surface area contributed by atoms with Gasteiger partial charge in [0.25, 0.3) is 5.56 Å². The van der Waals surface area contributed by atoms with Crippen LogP contribution in [-0.2, 0) is 29.0 Å². The van der Waals surface area contributed by atoms with Crippen molar-refractivity contribution in [1.82, 2.24) is 20.2 Å². The molecule has 1 aliphatic rings. The number of hydrogen-bond acceptors (Lipinski definition) is 9. The summed E-state index contributed by atoms with van der Waals surface area (Å²) in [5, 5.41) is 6.66. The average Bonchev–Trinajstić information content (AvgIpc) is 3.52. The highest BCUT2D eigenvalue weighted by atomic mass is 32.2. The Balaban J connectivity index is 1.19. The number of nitrogens with zero attached hydrogens (tertiary/aromatic N) is 2. The molecule has 0 saturated heterocycles. The van der Waals surface area contributed by atoms with Gasteiger partial charge in [-0.25, -0.2) is 4.98 Å². The fraction of sp³-hybridized carbons (Fsp3) is 0.333. The van der Waals surface area contributed by atoms with Gasteiger partial charge in [0.2, 0.25) is 18.6 Å². The summed E-state index contributed by atoms with van der Waals surface area (Å²) in [5.74, 6) is 2.11. The molecule has 0 fully saturated rings. The highest BCUT2D eigenvalue weighted by molar-refractivity contribution is 7.99. The number of nitrogens with one attached hydrogen (secondary N) is 2. The Morgan fingerprint density at radius 2 is 1.60 bits per heavy atom. The van der Waals surface area contributed by atoms with E-state index in [9.17, 15) is 14.4 Å². The molecule has 236 valence electrons. The standard InChI is InChI=1S/C33H36N4O7S/c1-41-26-11-10-23(17-27(26)42-2)13-15-34-30(38)9-6-16-37-32(40)24-18-28-29(44-21-43-28)19-25(24)36-33(37)45-20-31(39)35-14-12-22-7-4-3-5-8-22/h3-5,7-8,10-11,17-19H,6,9,12-16,20-21H2,1-2H3,(H,34,38)(H,35,39). The molecule has 2 N–H and O–H groups in total. The highest BCUT2D eigenvalue weighted by Gasteiger charge is 2.20. The SMILES string of the molecule is COc1ccc(CCNC(=O)CCCn2c(SCC(=O)NCCc3ccccc3)nc3cc4c(cc3c2=O)OCO4)cc1OC. The second kappa shape index (κ2) is 15.3. The van der Waals surface area contributed by atoms with Crippen LogP contribution in [0.4, 0.5) is 0 Å². The molecule has 2 amide bonds. The van der Waals surface area contributed by atoms with E-state index in [0.717, 1.165) is 17.5 Å². The summed E-state index contributed by atoms with van der Waals surface area (Å²) in [5.41, 5.74) is 2.34. The van der Waals surface area contributed by atoms with Crippen molar-refractivity contribution >= 4 is 34.5 Å². The average molecular weight is 633 g/mol. The van der Waals surface area contributed by atoms with Crippen LogP contribution in [0.5, 0.6) is 23.0 Å². The van der Waals surface area contributed by atoms with Gasteiger partial charge in [0, 0.05) is 32.1 Å². The number of benzene rings is 3. The number of aromatic nitrogens is 2. The first-order chi connectivity index (χ1) is 21.9. The molecule has 5 rings (SSSR count). The molecule has 12 heteroatoms. The third-order valence-electron chi connectivity index (χ3n) is 7.29. The van der Waals surface area contributed by atoms with Crippen LogP contribution in [0.3, 0.4) is 0 Å². The van der Waals surface area contributed by atoms with E-state index in [1.807, 2.05) is 48.5 Å². The molecule has 3 aromatic carbocycles. The number of methoxy groups -OCH3 is 2. The number of ether oxygens (including phenoxy) is 4. The molecule has 0 saturated carbocycles. The van der Waals surface area contributed by atoms with Crippen molar-refractivity contribution in [2.75, 3.05) is 39.9 Å². The van der Waals surface area contributed by atoms with Gasteiger partial charge in [-0.1, -0.05) is 48.2 Å². The minimum Gasteiger partial charge on any atom is -0.493 e. The van der Waals surface area contributed by atoms with Crippen LogP contribution in [0, 0.1) is 0 Å². The maximum atomic E-state index is 13.6. The first kappa shape index (κ1) is 31.7. The quantitative estimate of drug-likeness (QED) is 0.149. The van der Waals surface area contributed by atoms with Gasteiger partial charge in [-0.2, -0.15) is 0 Å². The minimum atomic E-state index is -0.265. The summed E-state index contributed by atoms with van der Waals surface area (Å²) in [6.45, 7) is 1.30. The zero-order valence-corrected chi connectivity index (χ0v) is 26.1. The Labute approximate surface area is 265 Å². The minimum absolute atomic E-state index is 0.0751. The number of amides is 2. The summed E-state index contributed by atoms with van der Waals surface area (Å²) in [6.07, 6.45) is 1.99. The van der Waals surface area contributed by atoms with Crippen LogP contribution in [0.25, 0.3) is 10.9 Å². The molecule has 0 spiro atoms. The van der Waals surface area contributed by atoms with Crippen molar-refractivity contribution in [3.63, 3.8) is 0 Å². The maximum Gasteiger partial charge on any atom is 0.262 e. The number of fused-ring (bicyclic) bond motifs is 2. The Kier molecular flexibility index (Phi) is 10.8. The van der Waals surface area contributed by atoms with Gasteiger partial charge in [0.15, 0.2) is 28.2 Å². The first-order valence-corrected chi connectivity index (χ1v) is 15.7. The molecule has 4 aromatic rings. The Bertz CT molecular complexity index is 1710. The fourth-order valence-electron chi connectivity index (χ4n) is 4.94. The number of carbonyl (C=O) groups excluding carboxylic acids is 2. The normalized spacial score (nSPS) is 11.8. The van der Waals surface area contributed by atoms with Crippen molar-refractivity contribution in [3.05, 3.63) is 82.1 Å². The van der Waals surface area contributed by atoms with Gasteiger partial charge in [-0.3, -0.25) is 19.0 Å². The Morgan fingerprint density at radius 3 is 2.36 bits per heavy atom. The predicted molar refractivity (Wildman–Crippen MR) is 171 cm³/mol. The van der Waals surface area contributed by atoms with Gasteiger partial charge in [-0.05, 0) is 48.6 Å². The molecule has 45 heavy (non-hydrogen) atoms. The first-order valence-electron chi connectivity index (χ1n) is 14.7. The van der Waals surface area contributed by atoms with E-state index < -0.39 is 0 Å². The van der Waals surface area contributed by atoms with E-state index in [1.165, 1.54) is 16.3 Å². The van der Waals surface area contributed by atoms with E-state index in [4.69, 9.17) is 23.9 Å². The Hall–Kier alpha value is -4.71. The van der Waals surface area contributed by atoms with Gasteiger partial charge < -0.3 is 29.6 Å². The number of carbonyl (C=O) groups is 2. The zero-order valence-electron chi connectivity index (χ0n) is 25.3. The number of rotatable bonds is 15. The number of hydrogen-bond donors (Lipinski definition) is 2. The second-order valence-corrected chi connectivity index (χ2v) is 11.3. The number of thioether (sulfide) groups is 1. The lowest BCUT2D eigenvalue weighted by Crippen LogP contribution is -2.29. The largest absolute Gasteiger partial charge is 0.493 e. The summed E-state index contributed by atoms with van der Waals surface area (Å²) in [4.78, 5) is 43.6. The van der Waals surface area contributed by atoms with E-state index in [1.54, 1.807) is 26.4 Å². The summed E-state index contributed by atoms with van der Waals surface area (Å²) < 4.78 is 23.1. The molecule has 0 unspecified atom stereocenters. The van der Waals surface area contributed by atoms with Gasteiger partial charge in [0.05, 0.1) is 30.9 Å². The monoisotopic (exact) mass is 632 g/mol. The lowest BCUT2D eigenvalue weighted by Gasteiger charge is -2.14. The van der Waals surface area contributed by atoms with E-state index in [-0.39, 0.29) is 42.9 Å². The Morgan fingerprint density at radius 1 is 0.889 bits per heavy atom. The highest BCUT2D eigenvalue weighted by Crippen LogP contribution is 2.35. The lowest BCUT2D eigenvalue weighted by atomic mass is 10.1. The second-order valence-electron chi connectivity index (χ2n) is 10.3. The van der Waals surface area contributed by atoms with Crippen LogP contribution >= 0.6 is 11.8 Å². The molecular formula is C33H36N4O7S. The molecular weight excluding hydrogens is 596 g/mol. The predicted octanol–water partition coefficient (Wildman–Crippen LogP) is 3.73. The van der Waals surface area contributed by atoms with E-state index in [2.05, 4.69) is 10.6 Å². The lowest BCUT2D eigenvalue weighted by molar-refractivity contribution is -0.121. The third kappa shape index (κ3) is 8.27. The van der Waals surface area contributed by atoms with Crippen molar-refractivity contribution in [2.45, 2.75) is 37.4 Å². The van der Waals surface area contributed by atoms with Gasteiger partial charge in [0.1, 0.15) is 0 Å². The fourth-order valence-corrected chi connectivity index (χ4v) is 5.79. The van der Waals surface area contributed by atoms with Crippen molar-refractivity contribution < 1.29 is 28.5 Å². The van der Waals surface area contributed by atoms with Crippen molar-refractivity contribution in [3.8, 4) is 23.0 Å². The van der Waals surface area contributed by atoms with Crippen LogP contribution < -0.4 is 35.1 Å². The topological polar surface area (TPSA) is 130 Å². The van der Waals surface area contributed by atoms with E-state index >= 15 is 0 Å². The zero-order chi connectivity index (χ0) is 31.6. The van der Waals surface area contributed by atoms with Crippen molar-refractivity contribution in [1.29, 1.82) is 0 Å². The smallest absolute Gasteiger partial charge is 0.262 e.